The Labute approximate surface area is 96.0 Å². The van der Waals surface area contributed by atoms with Crippen molar-refractivity contribution in [2.75, 3.05) is 5.73 Å². The van der Waals surface area contributed by atoms with Crippen molar-refractivity contribution in [3.63, 3.8) is 0 Å². The minimum atomic E-state index is 0.432. The molecule has 0 amide bonds. The summed E-state index contributed by atoms with van der Waals surface area (Å²) in [6, 6.07) is 0. The fourth-order valence-corrected chi connectivity index (χ4v) is 2.18. The van der Waals surface area contributed by atoms with E-state index in [1.165, 1.54) is 11.9 Å². The molecule has 0 unspecified atom stereocenters. The number of nitrogens with zero attached hydrogens (tertiary/aromatic N) is 3. The van der Waals surface area contributed by atoms with Gasteiger partial charge in [-0.05, 0) is 11.5 Å². The van der Waals surface area contributed by atoms with E-state index in [1.54, 1.807) is 0 Å². The molecule has 2 N–H and O–H groups in total. The summed E-state index contributed by atoms with van der Waals surface area (Å²) in [5, 5.41) is 0.983. The van der Waals surface area contributed by atoms with E-state index in [0.29, 0.717) is 11.7 Å². The summed E-state index contributed by atoms with van der Waals surface area (Å²) in [6.45, 7) is 4.27. The van der Waals surface area contributed by atoms with Crippen LogP contribution in [0, 0.1) is 0 Å². The zero-order valence-electron chi connectivity index (χ0n) is 8.03. The van der Waals surface area contributed by atoms with Gasteiger partial charge >= 0.3 is 0 Å². The molecule has 0 fully saturated rings. The fourth-order valence-electron chi connectivity index (χ4n) is 1.51. The molecule has 0 aromatic carbocycles. The van der Waals surface area contributed by atoms with Crippen molar-refractivity contribution in [1.29, 1.82) is 0 Å². The summed E-state index contributed by atoms with van der Waals surface area (Å²) in [5.74, 6) is 0.996. The number of anilines is 1. The second-order valence-electron chi connectivity index (χ2n) is 3.51. The topological polar surface area (TPSA) is 56.7 Å². The number of nitrogen functional groups attached to an aromatic ring is 1. The van der Waals surface area contributed by atoms with E-state index in [1.807, 2.05) is 2.78 Å². The van der Waals surface area contributed by atoms with Crippen LogP contribution < -0.4 is 5.73 Å². The average molecular weight is 302 g/mol. The summed E-state index contributed by atoms with van der Waals surface area (Å²) in [7, 11) is 0. The third-order valence-electron chi connectivity index (χ3n) is 2.22. The van der Waals surface area contributed by atoms with E-state index in [9.17, 15) is 0 Å². The largest absolute Gasteiger partial charge is 0.383 e. The molecule has 2 aromatic rings. The summed E-state index contributed by atoms with van der Waals surface area (Å²) in [6.07, 6.45) is 3.55. The summed E-state index contributed by atoms with van der Waals surface area (Å²) in [5.41, 5.74) is 7.93. The third kappa shape index (κ3) is 1.35. The number of hydrogen-bond acceptors (Lipinski definition) is 3. The summed E-state index contributed by atoms with van der Waals surface area (Å²) < 4.78 is 1.96. The van der Waals surface area contributed by atoms with Gasteiger partial charge in [-0.3, -0.25) is 2.78 Å². The van der Waals surface area contributed by atoms with Gasteiger partial charge in [-0.2, -0.15) is 0 Å². The highest BCUT2D eigenvalue weighted by molar-refractivity contribution is 14.1. The molecular weight excluding hydrogens is 291 g/mol. The molecule has 2 heterocycles. The molecule has 2 rings (SSSR count). The highest BCUT2D eigenvalue weighted by Crippen LogP contribution is 2.30. The predicted molar refractivity (Wildman–Crippen MR) is 65.4 cm³/mol. The van der Waals surface area contributed by atoms with Gasteiger partial charge in [0.25, 0.3) is 0 Å². The van der Waals surface area contributed by atoms with Crippen LogP contribution >= 0.6 is 22.9 Å². The van der Waals surface area contributed by atoms with E-state index in [0.717, 1.165) is 11.0 Å². The second-order valence-corrected chi connectivity index (χ2v) is 4.55. The van der Waals surface area contributed by atoms with E-state index >= 15 is 0 Å². The molecule has 14 heavy (non-hydrogen) atoms. The Kier molecular flexibility index (Phi) is 2.34. The van der Waals surface area contributed by atoms with Crippen LogP contribution in [-0.2, 0) is 0 Å². The number of aromatic nitrogens is 3. The number of halogens is 1. The molecule has 0 radical (unpaired) electrons. The molecule has 0 aliphatic heterocycles. The number of nitrogens with two attached hydrogens (primary N) is 1. The van der Waals surface area contributed by atoms with Crippen molar-refractivity contribution in [2.24, 2.45) is 0 Å². The lowest BCUT2D eigenvalue weighted by molar-refractivity contribution is 0.875. The normalized spacial score (nSPS) is 11.4. The van der Waals surface area contributed by atoms with Crippen molar-refractivity contribution in [1.82, 2.24) is 12.7 Å². The maximum Gasteiger partial charge on any atom is 0.154 e. The van der Waals surface area contributed by atoms with Crippen LogP contribution in [0.1, 0.15) is 25.3 Å². The maximum absolute atomic E-state index is 5.84. The Balaban J connectivity index is 2.86. The Hall–Kier alpha value is -0.850. The van der Waals surface area contributed by atoms with Gasteiger partial charge in [-0.25, -0.2) is 9.97 Å². The second kappa shape index (κ2) is 3.38. The lowest BCUT2D eigenvalue weighted by atomic mass is 10.0. The van der Waals surface area contributed by atoms with Crippen LogP contribution in [0.2, 0.25) is 0 Å². The van der Waals surface area contributed by atoms with Crippen LogP contribution in [0.4, 0.5) is 5.82 Å². The monoisotopic (exact) mass is 302 g/mol. The van der Waals surface area contributed by atoms with E-state index in [-0.39, 0.29) is 0 Å². The molecule has 2 aromatic heterocycles. The SMILES string of the molecule is CC(C)c1cn(I)c2ncnc(N)c12. The van der Waals surface area contributed by atoms with Crippen molar-refractivity contribution < 1.29 is 0 Å². The van der Waals surface area contributed by atoms with Crippen LogP contribution in [0.5, 0.6) is 0 Å². The molecule has 0 aliphatic rings. The summed E-state index contributed by atoms with van der Waals surface area (Å²) >= 11 is 2.20. The quantitative estimate of drug-likeness (QED) is 0.823. The molecule has 0 spiro atoms. The van der Waals surface area contributed by atoms with Crippen LogP contribution in [-0.4, -0.2) is 12.7 Å². The average Bonchev–Trinajstić information content (AvgIpc) is 2.46. The minimum absolute atomic E-state index is 0.432. The van der Waals surface area contributed by atoms with Gasteiger partial charge in [0, 0.05) is 6.20 Å². The first kappa shape index (κ1) is 9.70. The fraction of sp³-hybridized carbons (Fsp3) is 0.333. The Morgan fingerprint density at radius 1 is 1.43 bits per heavy atom. The first-order valence-corrected chi connectivity index (χ1v) is 5.35. The standard InChI is InChI=1S/C9H11IN4/c1-5(2)6-3-14(10)9-7(6)8(11)12-4-13-9/h3-5H,1-2H3,(H2,11,12,13). The Morgan fingerprint density at radius 2 is 2.14 bits per heavy atom. The minimum Gasteiger partial charge on any atom is -0.383 e. The molecule has 0 saturated carbocycles. The molecule has 0 aliphatic carbocycles. The predicted octanol–water partition coefficient (Wildman–Crippen LogP) is 2.33. The van der Waals surface area contributed by atoms with Crippen molar-refractivity contribution in [2.45, 2.75) is 19.8 Å². The lowest BCUT2D eigenvalue weighted by Gasteiger charge is -2.02. The molecule has 0 saturated heterocycles. The van der Waals surface area contributed by atoms with E-state index < -0.39 is 0 Å². The van der Waals surface area contributed by atoms with E-state index in [2.05, 4.69) is 52.9 Å². The number of rotatable bonds is 1. The Morgan fingerprint density at radius 3 is 2.79 bits per heavy atom. The number of hydrogen-bond donors (Lipinski definition) is 1. The molecule has 74 valence electrons. The van der Waals surface area contributed by atoms with Gasteiger partial charge in [-0.15, -0.1) is 0 Å². The Bertz CT molecular complexity index is 475. The van der Waals surface area contributed by atoms with E-state index in [4.69, 9.17) is 5.73 Å². The van der Waals surface area contributed by atoms with Gasteiger partial charge in [0.05, 0.1) is 28.3 Å². The van der Waals surface area contributed by atoms with Crippen molar-refractivity contribution in [3.05, 3.63) is 18.1 Å². The zero-order valence-corrected chi connectivity index (χ0v) is 10.2. The zero-order chi connectivity index (χ0) is 10.3. The van der Waals surface area contributed by atoms with Crippen LogP contribution in [0.25, 0.3) is 11.0 Å². The smallest absolute Gasteiger partial charge is 0.154 e. The van der Waals surface area contributed by atoms with Gasteiger partial charge in [0.2, 0.25) is 0 Å². The van der Waals surface area contributed by atoms with Gasteiger partial charge in [0.1, 0.15) is 12.1 Å². The molecule has 0 bridgehead atoms. The van der Waals surface area contributed by atoms with Crippen molar-refractivity contribution >= 4 is 39.7 Å². The maximum atomic E-state index is 5.84. The molecule has 0 atom stereocenters. The molecular formula is C9H11IN4. The summed E-state index contributed by atoms with van der Waals surface area (Å²) in [4.78, 5) is 8.22. The first-order valence-electron chi connectivity index (χ1n) is 4.39. The van der Waals surface area contributed by atoms with Crippen LogP contribution in [0.3, 0.4) is 0 Å². The number of fused-ring (bicyclic) bond motifs is 1. The van der Waals surface area contributed by atoms with Gasteiger partial charge in [-0.1, -0.05) is 13.8 Å². The highest BCUT2D eigenvalue weighted by Gasteiger charge is 2.14. The molecule has 5 heteroatoms. The highest BCUT2D eigenvalue weighted by atomic mass is 127. The van der Waals surface area contributed by atoms with Crippen molar-refractivity contribution in [3.8, 4) is 0 Å². The van der Waals surface area contributed by atoms with Gasteiger partial charge < -0.3 is 5.73 Å². The van der Waals surface area contributed by atoms with Gasteiger partial charge in [0.15, 0.2) is 5.65 Å². The lowest BCUT2D eigenvalue weighted by Crippen LogP contribution is -1.94. The van der Waals surface area contributed by atoms with Crippen LogP contribution in [0.15, 0.2) is 12.5 Å². The first-order chi connectivity index (χ1) is 6.61. The molecule has 4 nitrogen and oxygen atoms in total. The third-order valence-corrected chi connectivity index (χ3v) is 2.96.